The fourth-order valence-corrected chi connectivity index (χ4v) is 1.42. The number of hydrazine groups is 1. The summed E-state index contributed by atoms with van der Waals surface area (Å²) < 4.78 is 0. The van der Waals surface area contributed by atoms with Crippen LogP contribution in [0.4, 0.5) is 0 Å². The van der Waals surface area contributed by atoms with Gasteiger partial charge in [-0.1, -0.05) is 35.4 Å². The first-order chi connectivity index (χ1) is 6.63. The summed E-state index contributed by atoms with van der Waals surface area (Å²) in [6, 6.07) is 8.56. The summed E-state index contributed by atoms with van der Waals surface area (Å²) in [6.07, 6.45) is 0.875. The van der Waals surface area contributed by atoms with Crippen LogP contribution in [0.3, 0.4) is 0 Å². The maximum Gasteiger partial charge on any atom is 0.0496 e. The van der Waals surface area contributed by atoms with Gasteiger partial charge in [0.05, 0.1) is 0 Å². The van der Waals surface area contributed by atoms with Gasteiger partial charge in [-0.05, 0) is 25.8 Å². The molecule has 0 aliphatic rings. The van der Waals surface area contributed by atoms with E-state index in [1.54, 1.807) is 0 Å². The molecular weight excluding hydrogens is 172 g/mol. The Kier molecular flexibility index (Phi) is 3.86. The van der Waals surface area contributed by atoms with Crippen LogP contribution < -0.4 is 11.3 Å². The Labute approximate surface area is 85.8 Å². The molecule has 0 saturated carbocycles. The van der Waals surface area contributed by atoms with Gasteiger partial charge in [-0.3, -0.25) is 11.3 Å². The van der Waals surface area contributed by atoms with Crippen molar-refractivity contribution in [2.45, 2.75) is 26.3 Å². The lowest BCUT2D eigenvalue weighted by atomic mass is 10.00. The maximum atomic E-state index is 5.50. The van der Waals surface area contributed by atoms with Crippen LogP contribution >= 0.6 is 0 Å². The number of rotatable bonds is 4. The minimum Gasteiger partial charge on any atom is -0.271 e. The molecule has 0 saturated heterocycles. The lowest BCUT2D eigenvalue weighted by Crippen LogP contribution is -2.28. The van der Waals surface area contributed by atoms with Crippen molar-refractivity contribution >= 4 is 0 Å². The lowest BCUT2D eigenvalue weighted by Gasteiger charge is -2.16. The molecule has 14 heavy (non-hydrogen) atoms. The molecule has 2 heteroatoms. The Morgan fingerprint density at radius 2 is 2.00 bits per heavy atom. The van der Waals surface area contributed by atoms with Crippen LogP contribution in [-0.4, -0.2) is 0 Å². The van der Waals surface area contributed by atoms with Crippen LogP contribution in [0, 0.1) is 6.92 Å². The van der Waals surface area contributed by atoms with Crippen LogP contribution in [-0.2, 0) is 0 Å². The van der Waals surface area contributed by atoms with Gasteiger partial charge >= 0.3 is 0 Å². The van der Waals surface area contributed by atoms with E-state index in [4.69, 9.17) is 5.84 Å². The molecule has 1 rings (SSSR count). The Hall–Kier alpha value is -1.12. The number of hydrogen-bond donors (Lipinski definition) is 2. The quantitative estimate of drug-likeness (QED) is 0.435. The topological polar surface area (TPSA) is 38.0 Å². The van der Waals surface area contributed by atoms with E-state index in [-0.39, 0.29) is 6.04 Å². The van der Waals surface area contributed by atoms with Crippen molar-refractivity contribution in [3.05, 3.63) is 47.5 Å². The zero-order chi connectivity index (χ0) is 10.6. The van der Waals surface area contributed by atoms with E-state index >= 15 is 0 Å². The number of benzene rings is 1. The molecule has 2 nitrogen and oxygen atoms in total. The van der Waals surface area contributed by atoms with Crippen molar-refractivity contribution in [1.29, 1.82) is 0 Å². The van der Waals surface area contributed by atoms with Crippen LogP contribution in [0.15, 0.2) is 36.4 Å². The Balaban J connectivity index is 2.78. The van der Waals surface area contributed by atoms with Crippen LogP contribution in [0.2, 0.25) is 0 Å². The minimum absolute atomic E-state index is 0.174. The summed E-state index contributed by atoms with van der Waals surface area (Å²) in [4.78, 5) is 0. The molecular formula is C12H18N2. The van der Waals surface area contributed by atoms with Crippen molar-refractivity contribution in [2.24, 2.45) is 5.84 Å². The van der Waals surface area contributed by atoms with Crippen molar-refractivity contribution in [1.82, 2.24) is 5.43 Å². The summed E-state index contributed by atoms with van der Waals surface area (Å²) in [6.45, 7) is 7.98. The smallest absolute Gasteiger partial charge is 0.0496 e. The van der Waals surface area contributed by atoms with Gasteiger partial charge in [-0.15, -0.1) is 6.58 Å². The molecule has 0 amide bonds. The molecule has 0 heterocycles. The summed E-state index contributed by atoms with van der Waals surface area (Å²) in [7, 11) is 0. The van der Waals surface area contributed by atoms with Gasteiger partial charge in [0.1, 0.15) is 0 Å². The fourth-order valence-electron chi connectivity index (χ4n) is 1.42. The van der Waals surface area contributed by atoms with E-state index in [1.165, 1.54) is 11.1 Å². The molecule has 0 bridgehead atoms. The Bertz CT molecular complexity index is 301. The summed E-state index contributed by atoms with van der Waals surface area (Å²) in [5, 5.41) is 0. The van der Waals surface area contributed by atoms with E-state index < -0.39 is 0 Å². The average Bonchev–Trinajstić information content (AvgIpc) is 2.15. The molecule has 3 N–H and O–H groups in total. The second-order valence-corrected chi connectivity index (χ2v) is 3.79. The predicted molar refractivity (Wildman–Crippen MR) is 60.7 cm³/mol. The van der Waals surface area contributed by atoms with E-state index in [0.29, 0.717) is 0 Å². The van der Waals surface area contributed by atoms with Gasteiger partial charge in [0.25, 0.3) is 0 Å². The normalized spacial score (nSPS) is 12.5. The third-order valence-electron chi connectivity index (χ3n) is 2.23. The highest BCUT2D eigenvalue weighted by Crippen LogP contribution is 2.19. The van der Waals surface area contributed by atoms with Crippen molar-refractivity contribution < 1.29 is 0 Å². The van der Waals surface area contributed by atoms with Gasteiger partial charge in [0.2, 0.25) is 0 Å². The molecule has 1 atom stereocenters. The number of hydrogen-bond acceptors (Lipinski definition) is 2. The van der Waals surface area contributed by atoms with Crippen molar-refractivity contribution in [2.75, 3.05) is 0 Å². The SMILES string of the molecule is C=C(C)CC(NN)c1ccc(C)cc1. The van der Waals surface area contributed by atoms with Gasteiger partial charge in [0, 0.05) is 6.04 Å². The van der Waals surface area contributed by atoms with Crippen LogP contribution in [0.1, 0.15) is 30.5 Å². The third kappa shape index (κ3) is 2.98. The number of nitrogens with one attached hydrogen (secondary N) is 1. The standard InChI is InChI=1S/C12H18N2/c1-9(2)8-12(14-13)11-6-4-10(3)5-7-11/h4-7,12,14H,1,8,13H2,2-3H3. The fraction of sp³-hybridized carbons (Fsp3) is 0.333. The molecule has 1 aromatic carbocycles. The second kappa shape index (κ2) is 4.94. The maximum absolute atomic E-state index is 5.50. The highest BCUT2D eigenvalue weighted by Gasteiger charge is 2.08. The van der Waals surface area contributed by atoms with Crippen molar-refractivity contribution in [3.8, 4) is 0 Å². The average molecular weight is 190 g/mol. The number of aryl methyl sites for hydroxylation is 1. The number of nitrogens with two attached hydrogens (primary N) is 1. The van der Waals surface area contributed by atoms with E-state index in [0.717, 1.165) is 12.0 Å². The van der Waals surface area contributed by atoms with Gasteiger partial charge < -0.3 is 0 Å². The van der Waals surface area contributed by atoms with Gasteiger partial charge in [-0.25, -0.2) is 0 Å². The van der Waals surface area contributed by atoms with E-state index in [2.05, 4.69) is 43.2 Å². The molecule has 0 aliphatic heterocycles. The lowest BCUT2D eigenvalue weighted by molar-refractivity contribution is 0.550. The van der Waals surface area contributed by atoms with Gasteiger partial charge in [-0.2, -0.15) is 0 Å². The molecule has 0 aromatic heterocycles. The first-order valence-corrected chi connectivity index (χ1v) is 4.80. The van der Waals surface area contributed by atoms with Crippen LogP contribution in [0.5, 0.6) is 0 Å². The zero-order valence-corrected chi connectivity index (χ0v) is 8.88. The first-order valence-electron chi connectivity index (χ1n) is 4.80. The summed E-state index contributed by atoms with van der Waals surface area (Å²) in [5.41, 5.74) is 6.41. The van der Waals surface area contributed by atoms with Gasteiger partial charge in [0.15, 0.2) is 0 Å². The zero-order valence-electron chi connectivity index (χ0n) is 8.88. The molecule has 76 valence electrons. The highest BCUT2D eigenvalue weighted by molar-refractivity contribution is 5.24. The largest absolute Gasteiger partial charge is 0.271 e. The molecule has 0 spiro atoms. The van der Waals surface area contributed by atoms with Crippen LogP contribution in [0.25, 0.3) is 0 Å². The molecule has 0 aliphatic carbocycles. The summed E-state index contributed by atoms with van der Waals surface area (Å²) in [5.74, 6) is 5.50. The second-order valence-electron chi connectivity index (χ2n) is 3.79. The Morgan fingerprint density at radius 1 is 1.43 bits per heavy atom. The molecule has 1 aromatic rings. The highest BCUT2D eigenvalue weighted by atomic mass is 15.2. The molecule has 0 fully saturated rings. The van der Waals surface area contributed by atoms with E-state index in [1.807, 2.05) is 6.92 Å². The molecule has 1 unspecified atom stereocenters. The molecule has 0 radical (unpaired) electrons. The first kappa shape index (κ1) is 11.0. The third-order valence-corrected chi connectivity index (χ3v) is 2.23. The Morgan fingerprint density at radius 3 is 2.43 bits per heavy atom. The predicted octanol–water partition coefficient (Wildman–Crippen LogP) is 2.47. The summed E-state index contributed by atoms with van der Waals surface area (Å²) >= 11 is 0. The van der Waals surface area contributed by atoms with E-state index in [9.17, 15) is 0 Å². The monoisotopic (exact) mass is 190 g/mol. The minimum atomic E-state index is 0.174. The van der Waals surface area contributed by atoms with Crippen molar-refractivity contribution in [3.63, 3.8) is 0 Å².